The average Bonchev–Trinajstić information content (AvgIpc) is 2.01. The van der Waals surface area contributed by atoms with E-state index in [-0.39, 0.29) is 11.8 Å². The molecule has 0 aliphatic heterocycles. The number of halogens is 1. The molecular weight excluding hydrogens is 166 g/mol. The smallest absolute Gasteiger partial charge is 0.235 e. The Morgan fingerprint density at radius 2 is 2.36 bits per heavy atom. The maximum absolute atomic E-state index is 10.6. The van der Waals surface area contributed by atoms with Crippen molar-refractivity contribution < 1.29 is 9.90 Å². The zero-order valence-electron chi connectivity index (χ0n) is 6.64. The Kier molecular flexibility index (Phi) is 6.27. The quantitative estimate of drug-likeness (QED) is 0.604. The lowest BCUT2D eigenvalue weighted by molar-refractivity contribution is -0.119. The standard InChI is InChI=1S/C7H14ClNO2/c1-2-3-6(10)5-9-7(11)4-8/h6,10H,2-5H2,1H3,(H,9,11). The number of carbonyl (C=O) groups is 1. The Bertz CT molecular complexity index is 119. The highest BCUT2D eigenvalue weighted by Crippen LogP contribution is 1.93. The molecule has 0 bridgehead atoms. The van der Waals surface area contributed by atoms with Crippen LogP contribution in [0.15, 0.2) is 0 Å². The van der Waals surface area contributed by atoms with Crippen LogP contribution in [0, 0.1) is 0 Å². The van der Waals surface area contributed by atoms with Gasteiger partial charge in [0.1, 0.15) is 5.88 Å². The summed E-state index contributed by atoms with van der Waals surface area (Å²) < 4.78 is 0. The fourth-order valence-electron chi connectivity index (χ4n) is 0.714. The molecule has 3 nitrogen and oxygen atoms in total. The van der Waals surface area contributed by atoms with E-state index in [1.54, 1.807) is 0 Å². The second-order valence-corrected chi connectivity index (χ2v) is 2.65. The Balaban J connectivity index is 3.29. The first-order valence-electron chi connectivity index (χ1n) is 3.71. The third-order valence-corrected chi connectivity index (χ3v) is 1.52. The van der Waals surface area contributed by atoms with Crippen molar-refractivity contribution in [3.05, 3.63) is 0 Å². The van der Waals surface area contributed by atoms with E-state index in [0.29, 0.717) is 13.0 Å². The predicted octanol–water partition coefficient (Wildman–Crippen LogP) is 0.502. The highest BCUT2D eigenvalue weighted by atomic mass is 35.5. The molecule has 1 atom stereocenters. The third-order valence-electron chi connectivity index (χ3n) is 1.28. The van der Waals surface area contributed by atoms with E-state index in [1.807, 2.05) is 6.92 Å². The van der Waals surface area contributed by atoms with E-state index in [9.17, 15) is 4.79 Å². The topological polar surface area (TPSA) is 49.3 Å². The van der Waals surface area contributed by atoms with Gasteiger partial charge in [-0.3, -0.25) is 4.79 Å². The Morgan fingerprint density at radius 1 is 1.73 bits per heavy atom. The van der Waals surface area contributed by atoms with Gasteiger partial charge in [-0.15, -0.1) is 11.6 Å². The summed E-state index contributed by atoms with van der Waals surface area (Å²) in [6, 6.07) is 0. The van der Waals surface area contributed by atoms with Gasteiger partial charge in [0.2, 0.25) is 5.91 Å². The molecule has 0 aliphatic carbocycles. The van der Waals surface area contributed by atoms with Gasteiger partial charge in [-0.25, -0.2) is 0 Å². The van der Waals surface area contributed by atoms with E-state index in [0.717, 1.165) is 6.42 Å². The maximum atomic E-state index is 10.6. The summed E-state index contributed by atoms with van der Waals surface area (Å²) in [5.74, 6) is -0.277. The van der Waals surface area contributed by atoms with Gasteiger partial charge in [0.25, 0.3) is 0 Å². The molecular formula is C7H14ClNO2. The van der Waals surface area contributed by atoms with Crippen LogP contribution in [0.3, 0.4) is 0 Å². The SMILES string of the molecule is CCCC(O)CNC(=O)CCl. The van der Waals surface area contributed by atoms with Gasteiger partial charge in [-0.1, -0.05) is 13.3 Å². The van der Waals surface area contributed by atoms with Crippen molar-refractivity contribution in [1.29, 1.82) is 0 Å². The summed E-state index contributed by atoms with van der Waals surface area (Å²) in [4.78, 5) is 10.6. The summed E-state index contributed by atoms with van der Waals surface area (Å²) in [5, 5.41) is 11.6. The Hall–Kier alpha value is -0.280. The van der Waals surface area contributed by atoms with Crippen molar-refractivity contribution >= 4 is 17.5 Å². The lowest BCUT2D eigenvalue weighted by Gasteiger charge is -2.08. The summed E-state index contributed by atoms with van der Waals surface area (Å²) in [6.45, 7) is 2.28. The Morgan fingerprint density at radius 3 is 2.82 bits per heavy atom. The minimum atomic E-state index is -0.438. The maximum Gasteiger partial charge on any atom is 0.235 e. The molecule has 0 aromatic rings. The summed E-state index contributed by atoms with van der Waals surface area (Å²) in [6.07, 6.45) is 1.19. The van der Waals surface area contributed by atoms with Crippen molar-refractivity contribution in [2.24, 2.45) is 0 Å². The van der Waals surface area contributed by atoms with Crippen LogP contribution in [0.5, 0.6) is 0 Å². The molecule has 4 heteroatoms. The van der Waals surface area contributed by atoms with Crippen molar-refractivity contribution in [1.82, 2.24) is 5.32 Å². The van der Waals surface area contributed by atoms with Crippen molar-refractivity contribution in [3.8, 4) is 0 Å². The number of hydrogen-bond acceptors (Lipinski definition) is 2. The van der Waals surface area contributed by atoms with E-state index in [1.165, 1.54) is 0 Å². The summed E-state index contributed by atoms with van der Waals surface area (Å²) in [5.41, 5.74) is 0. The van der Waals surface area contributed by atoms with Gasteiger partial charge >= 0.3 is 0 Å². The fraction of sp³-hybridized carbons (Fsp3) is 0.857. The minimum absolute atomic E-state index is 0.0428. The molecule has 0 saturated carbocycles. The number of amides is 1. The molecule has 0 fully saturated rings. The average molecular weight is 180 g/mol. The highest BCUT2D eigenvalue weighted by molar-refractivity contribution is 6.27. The molecule has 0 aromatic carbocycles. The lowest BCUT2D eigenvalue weighted by Crippen LogP contribution is -2.32. The molecule has 1 amide bonds. The van der Waals surface area contributed by atoms with Gasteiger partial charge in [0.15, 0.2) is 0 Å². The molecule has 0 saturated heterocycles. The van der Waals surface area contributed by atoms with Gasteiger partial charge in [-0.2, -0.15) is 0 Å². The van der Waals surface area contributed by atoms with E-state index in [2.05, 4.69) is 5.32 Å². The molecule has 2 N–H and O–H groups in total. The van der Waals surface area contributed by atoms with E-state index >= 15 is 0 Å². The van der Waals surface area contributed by atoms with Gasteiger partial charge in [-0.05, 0) is 6.42 Å². The number of aliphatic hydroxyl groups excluding tert-OH is 1. The highest BCUT2D eigenvalue weighted by Gasteiger charge is 2.03. The van der Waals surface area contributed by atoms with Crippen LogP contribution < -0.4 is 5.32 Å². The number of alkyl halides is 1. The molecule has 0 spiro atoms. The first-order chi connectivity index (χ1) is 5.20. The van der Waals surface area contributed by atoms with Crippen LogP contribution in [0.4, 0.5) is 0 Å². The molecule has 0 heterocycles. The van der Waals surface area contributed by atoms with Crippen molar-refractivity contribution in [2.45, 2.75) is 25.9 Å². The fourth-order valence-corrected chi connectivity index (χ4v) is 0.809. The predicted molar refractivity (Wildman–Crippen MR) is 44.6 cm³/mol. The molecule has 0 rings (SSSR count). The van der Waals surface area contributed by atoms with Gasteiger partial charge in [0.05, 0.1) is 6.10 Å². The minimum Gasteiger partial charge on any atom is -0.391 e. The van der Waals surface area contributed by atoms with Crippen LogP contribution in [-0.2, 0) is 4.79 Å². The second kappa shape index (κ2) is 6.43. The van der Waals surface area contributed by atoms with Crippen molar-refractivity contribution in [3.63, 3.8) is 0 Å². The van der Waals surface area contributed by atoms with Crippen LogP contribution in [0.2, 0.25) is 0 Å². The normalized spacial score (nSPS) is 12.6. The van der Waals surface area contributed by atoms with Crippen LogP contribution in [0.25, 0.3) is 0 Å². The number of aliphatic hydroxyl groups is 1. The Labute approximate surface area is 71.7 Å². The monoisotopic (exact) mass is 179 g/mol. The largest absolute Gasteiger partial charge is 0.391 e. The number of nitrogens with one attached hydrogen (secondary N) is 1. The summed E-state index contributed by atoms with van der Waals surface area (Å²) >= 11 is 5.22. The molecule has 0 aromatic heterocycles. The van der Waals surface area contributed by atoms with Crippen LogP contribution in [-0.4, -0.2) is 29.5 Å². The molecule has 0 aliphatic rings. The van der Waals surface area contributed by atoms with Gasteiger partial charge < -0.3 is 10.4 Å². The molecule has 66 valence electrons. The molecule has 1 unspecified atom stereocenters. The lowest BCUT2D eigenvalue weighted by atomic mass is 10.2. The van der Waals surface area contributed by atoms with Crippen LogP contribution in [0.1, 0.15) is 19.8 Å². The van der Waals surface area contributed by atoms with Crippen molar-refractivity contribution in [2.75, 3.05) is 12.4 Å². The molecule has 0 radical (unpaired) electrons. The number of hydrogen-bond donors (Lipinski definition) is 2. The molecule has 11 heavy (non-hydrogen) atoms. The van der Waals surface area contributed by atoms with E-state index in [4.69, 9.17) is 16.7 Å². The number of rotatable bonds is 5. The first kappa shape index (κ1) is 10.7. The summed E-state index contributed by atoms with van der Waals surface area (Å²) in [7, 11) is 0. The second-order valence-electron chi connectivity index (χ2n) is 2.38. The van der Waals surface area contributed by atoms with Gasteiger partial charge in [0, 0.05) is 6.54 Å². The third kappa shape index (κ3) is 6.13. The zero-order valence-corrected chi connectivity index (χ0v) is 7.40. The zero-order chi connectivity index (χ0) is 8.69. The first-order valence-corrected chi connectivity index (χ1v) is 4.24. The number of carbonyl (C=O) groups excluding carboxylic acids is 1. The van der Waals surface area contributed by atoms with E-state index < -0.39 is 6.10 Å². The van der Waals surface area contributed by atoms with Crippen LogP contribution >= 0.6 is 11.6 Å².